The van der Waals surface area contributed by atoms with Crippen LogP contribution in [-0.2, 0) is 26.2 Å². The van der Waals surface area contributed by atoms with Crippen molar-refractivity contribution < 1.29 is 18.0 Å². The van der Waals surface area contributed by atoms with Crippen molar-refractivity contribution in [2.24, 2.45) is 5.92 Å². The summed E-state index contributed by atoms with van der Waals surface area (Å²) in [5.41, 5.74) is 0.779. The fourth-order valence-corrected chi connectivity index (χ4v) is 6.13. The molecule has 3 aromatic rings. The standard InChI is InChI=1S/C29H32Cl3N3O4S/c1-4-27(29(37)33-17-20(2)3)34(18-21-13-14-23(31)16-26(21)32)28(36)19-35(24-10-8-9-22(30)15-24)40(38,39)25-11-6-5-7-12-25/h5-16,20,27H,4,17-19H2,1-3H3,(H,33,37). The number of sulfonamides is 1. The average Bonchev–Trinajstić information content (AvgIpc) is 2.91. The minimum absolute atomic E-state index is 0.0109. The Labute approximate surface area is 251 Å². The molecule has 0 aliphatic rings. The molecule has 40 heavy (non-hydrogen) atoms. The van der Waals surface area contributed by atoms with Crippen LogP contribution in [0.5, 0.6) is 0 Å². The third-order valence-corrected chi connectivity index (χ3v) is 8.74. The number of nitrogens with one attached hydrogen (secondary N) is 1. The maximum atomic E-state index is 14.1. The van der Waals surface area contributed by atoms with E-state index >= 15 is 0 Å². The molecule has 0 bridgehead atoms. The third kappa shape index (κ3) is 8.13. The molecule has 0 saturated heterocycles. The monoisotopic (exact) mass is 623 g/mol. The fourth-order valence-electron chi connectivity index (χ4n) is 4.06. The zero-order valence-electron chi connectivity index (χ0n) is 22.5. The van der Waals surface area contributed by atoms with Gasteiger partial charge in [-0.15, -0.1) is 0 Å². The Morgan fingerprint density at radius 3 is 2.17 bits per heavy atom. The minimum Gasteiger partial charge on any atom is -0.354 e. The van der Waals surface area contributed by atoms with E-state index in [0.717, 1.165) is 4.31 Å². The second-order valence-corrected chi connectivity index (χ2v) is 12.8. The highest BCUT2D eigenvalue weighted by Crippen LogP contribution is 2.28. The highest BCUT2D eigenvalue weighted by Gasteiger charge is 2.34. The molecule has 214 valence electrons. The van der Waals surface area contributed by atoms with Gasteiger partial charge in [0.25, 0.3) is 10.0 Å². The first-order valence-corrected chi connectivity index (χ1v) is 15.4. The van der Waals surface area contributed by atoms with Crippen LogP contribution in [0.4, 0.5) is 5.69 Å². The number of rotatable bonds is 12. The van der Waals surface area contributed by atoms with Crippen LogP contribution < -0.4 is 9.62 Å². The molecule has 0 spiro atoms. The number of carbonyl (C=O) groups is 2. The van der Waals surface area contributed by atoms with Crippen molar-refractivity contribution in [1.29, 1.82) is 0 Å². The van der Waals surface area contributed by atoms with Crippen LogP contribution in [0.25, 0.3) is 0 Å². The van der Waals surface area contributed by atoms with E-state index in [1.165, 1.54) is 23.1 Å². The van der Waals surface area contributed by atoms with E-state index in [4.69, 9.17) is 34.8 Å². The number of halogens is 3. The van der Waals surface area contributed by atoms with Gasteiger partial charge in [0.15, 0.2) is 0 Å². The molecule has 3 aromatic carbocycles. The fraction of sp³-hybridized carbons (Fsp3) is 0.310. The van der Waals surface area contributed by atoms with Crippen LogP contribution in [0.1, 0.15) is 32.8 Å². The van der Waals surface area contributed by atoms with Crippen LogP contribution in [0.3, 0.4) is 0 Å². The lowest BCUT2D eigenvalue weighted by atomic mass is 10.1. The topological polar surface area (TPSA) is 86.8 Å². The minimum atomic E-state index is -4.18. The van der Waals surface area contributed by atoms with Crippen molar-refractivity contribution in [3.8, 4) is 0 Å². The van der Waals surface area contributed by atoms with Gasteiger partial charge in [-0.05, 0) is 60.4 Å². The number of anilines is 1. The van der Waals surface area contributed by atoms with E-state index in [0.29, 0.717) is 33.6 Å². The highest BCUT2D eigenvalue weighted by atomic mass is 35.5. The Morgan fingerprint density at radius 2 is 1.57 bits per heavy atom. The molecule has 3 rings (SSSR count). The first-order chi connectivity index (χ1) is 18.9. The molecule has 11 heteroatoms. The summed E-state index contributed by atoms with van der Waals surface area (Å²) in [6.07, 6.45) is 0.295. The molecular weight excluding hydrogens is 593 g/mol. The lowest BCUT2D eigenvalue weighted by Crippen LogP contribution is -2.52. The SMILES string of the molecule is CCC(C(=O)NCC(C)C)N(Cc1ccc(Cl)cc1Cl)C(=O)CN(c1cccc(Cl)c1)S(=O)(=O)c1ccccc1. The van der Waals surface area contributed by atoms with E-state index in [9.17, 15) is 18.0 Å². The summed E-state index contributed by atoms with van der Waals surface area (Å²) in [6.45, 7) is 5.55. The molecule has 1 atom stereocenters. The quantitative estimate of drug-likeness (QED) is 0.252. The van der Waals surface area contributed by atoms with E-state index in [1.54, 1.807) is 61.5 Å². The molecule has 0 heterocycles. The summed E-state index contributed by atoms with van der Waals surface area (Å²) in [4.78, 5) is 28.7. The average molecular weight is 625 g/mol. The predicted molar refractivity (Wildman–Crippen MR) is 161 cm³/mol. The molecule has 0 saturated carbocycles. The molecule has 7 nitrogen and oxygen atoms in total. The van der Waals surface area contributed by atoms with Gasteiger partial charge in [-0.3, -0.25) is 13.9 Å². The second kappa shape index (κ2) is 14.2. The van der Waals surface area contributed by atoms with Crippen molar-refractivity contribution in [3.63, 3.8) is 0 Å². The van der Waals surface area contributed by atoms with E-state index in [1.807, 2.05) is 13.8 Å². The summed E-state index contributed by atoms with van der Waals surface area (Å²) in [7, 11) is -4.18. The summed E-state index contributed by atoms with van der Waals surface area (Å²) < 4.78 is 28.6. The zero-order valence-corrected chi connectivity index (χ0v) is 25.6. The van der Waals surface area contributed by atoms with Crippen molar-refractivity contribution >= 4 is 62.3 Å². The maximum Gasteiger partial charge on any atom is 0.264 e. The summed E-state index contributed by atoms with van der Waals surface area (Å²) in [5.74, 6) is -0.724. The summed E-state index contributed by atoms with van der Waals surface area (Å²) in [6, 6.07) is 18.1. The Hall–Kier alpha value is -2.78. The van der Waals surface area contributed by atoms with E-state index < -0.39 is 28.5 Å². The van der Waals surface area contributed by atoms with E-state index in [2.05, 4.69) is 5.32 Å². The molecule has 0 aliphatic carbocycles. The summed E-state index contributed by atoms with van der Waals surface area (Å²) >= 11 is 18.7. The number of nitrogens with zero attached hydrogens (tertiary/aromatic N) is 2. The van der Waals surface area contributed by atoms with Crippen LogP contribution in [0.15, 0.2) is 77.7 Å². The van der Waals surface area contributed by atoms with Gasteiger partial charge in [-0.25, -0.2) is 8.42 Å². The molecule has 2 amide bonds. The zero-order chi connectivity index (χ0) is 29.4. The van der Waals surface area contributed by atoms with Crippen LogP contribution >= 0.6 is 34.8 Å². The molecule has 0 aliphatic heterocycles. The predicted octanol–water partition coefficient (Wildman–Crippen LogP) is 6.42. The van der Waals surface area contributed by atoms with Gasteiger partial charge in [-0.2, -0.15) is 0 Å². The van der Waals surface area contributed by atoms with Crippen LogP contribution in [-0.4, -0.2) is 44.3 Å². The maximum absolute atomic E-state index is 14.1. The first kappa shape index (κ1) is 31.7. The molecular formula is C29H32Cl3N3O4S. The smallest absolute Gasteiger partial charge is 0.264 e. The van der Waals surface area contributed by atoms with Gasteiger partial charge in [0.05, 0.1) is 10.6 Å². The van der Waals surface area contributed by atoms with Crippen LogP contribution in [0.2, 0.25) is 15.1 Å². The number of hydrogen-bond acceptors (Lipinski definition) is 4. The lowest BCUT2D eigenvalue weighted by molar-refractivity contribution is -0.140. The van der Waals surface area contributed by atoms with Crippen LogP contribution in [0, 0.1) is 5.92 Å². The largest absolute Gasteiger partial charge is 0.354 e. The van der Waals surface area contributed by atoms with Crippen molar-refractivity contribution in [2.75, 3.05) is 17.4 Å². The molecule has 0 aromatic heterocycles. The number of amides is 2. The van der Waals surface area contributed by atoms with Crippen molar-refractivity contribution in [2.45, 2.75) is 44.7 Å². The lowest BCUT2D eigenvalue weighted by Gasteiger charge is -2.33. The second-order valence-electron chi connectivity index (χ2n) is 9.63. The number of benzene rings is 3. The third-order valence-electron chi connectivity index (χ3n) is 6.13. The van der Waals surface area contributed by atoms with E-state index in [-0.39, 0.29) is 29.0 Å². The first-order valence-electron chi connectivity index (χ1n) is 12.8. The van der Waals surface area contributed by atoms with Crippen molar-refractivity contribution in [1.82, 2.24) is 10.2 Å². The Kier molecular flexibility index (Phi) is 11.3. The number of carbonyl (C=O) groups excluding carboxylic acids is 2. The molecule has 0 fully saturated rings. The molecule has 1 unspecified atom stereocenters. The normalized spacial score (nSPS) is 12.2. The van der Waals surface area contributed by atoms with Gasteiger partial charge in [0, 0.05) is 28.2 Å². The van der Waals surface area contributed by atoms with Gasteiger partial charge in [0.2, 0.25) is 11.8 Å². The van der Waals surface area contributed by atoms with Crippen molar-refractivity contribution in [3.05, 3.63) is 93.4 Å². The van der Waals surface area contributed by atoms with Gasteiger partial charge >= 0.3 is 0 Å². The molecule has 1 N–H and O–H groups in total. The summed E-state index contributed by atoms with van der Waals surface area (Å²) in [5, 5.41) is 3.95. The van der Waals surface area contributed by atoms with Gasteiger partial charge in [-0.1, -0.05) is 85.9 Å². The Bertz CT molecular complexity index is 1440. The highest BCUT2D eigenvalue weighted by molar-refractivity contribution is 7.92. The van der Waals surface area contributed by atoms with Gasteiger partial charge < -0.3 is 10.2 Å². The Morgan fingerprint density at radius 1 is 0.900 bits per heavy atom. The molecule has 0 radical (unpaired) electrons. The van der Waals surface area contributed by atoms with Gasteiger partial charge in [0.1, 0.15) is 12.6 Å². The Balaban J connectivity index is 2.06. The number of hydrogen-bond donors (Lipinski definition) is 1.